The van der Waals surface area contributed by atoms with E-state index in [2.05, 4.69) is 45.2 Å². The Morgan fingerprint density at radius 2 is 0.970 bits per heavy atom. The Morgan fingerprint density at radius 1 is 0.636 bits per heavy atom. The van der Waals surface area contributed by atoms with Gasteiger partial charge in [-0.1, -0.05) is 0 Å². The molecule has 176 valence electrons. The summed E-state index contributed by atoms with van der Waals surface area (Å²) in [6.45, 7) is -0.568. The quantitative estimate of drug-likeness (QED) is 0.296. The molecular formula is C20H12I6O7. The van der Waals surface area contributed by atoms with Gasteiger partial charge in [-0.15, -0.1) is 0 Å². The standard InChI is InChI=1S/C20H12I6O7/c21-11-3-13(23)15(19(29)30)17(25)9(11)1-7(27)5-33-6-8(28)2-10-12(22)4-14(24)16(18(10)26)20(31)32/h3-4H,1-2,5-6H2,(H,29,30)(H,31,32). The molecule has 7 nitrogen and oxygen atoms in total. The molecule has 0 aliphatic rings. The van der Waals surface area contributed by atoms with Crippen LogP contribution in [0.5, 0.6) is 0 Å². The van der Waals surface area contributed by atoms with Gasteiger partial charge in [-0.05, 0) is 159 Å². The summed E-state index contributed by atoms with van der Waals surface area (Å²) in [6.07, 6.45) is -0.00629. The summed E-state index contributed by atoms with van der Waals surface area (Å²) in [5, 5.41) is 18.9. The van der Waals surface area contributed by atoms with E-state index in [1.165, 1.54) is 0 Å². The molecule has 33 heavy (non-hydrogen) atoms. The molecule has 0 aliphatic carbocycles. The Labute approximate surface area is 270 Å². The van der Waals surface area contributed by atoms with Gasteiger partial charge in [0.15, 0.2) is 11.6 Å². The van der Waals surface area contributed by atoms with Crippen molar-refractivity contribution in [2.24, 2.45) is 0 Å². The second kappa shape index (κ2) is 13.6. The lowest BCUT2D eigenvalue weighted by molar-refractivity contribution is -0.128. The third-order valence-electron chi connectivity index (χ3n) is 4.23. The van der Waals surface area contributed by atoms with E-state index in [4.69, 9.17) is 4.74 Å². The highest BCUT2D eigenvalue weighted by atomic mass is 127. The molecule has 0 radical (unpaired) electrons. The molecule has 0 heterocycles. The van der Waals surface area contributed by atoms with Gasteiger partial charge in [0.2, 0.25) is 0 Å². The number of carboxylic acids is 2. The Bertz CT molecular complexity index is 1070. The Balaban J connectivity index is 2.02. The molecule has 0 spiro atoms. The summed E-state index contributed by atoms with van der Waals surface area (Å²) in [4.78, 5) is 47.9. The number of hydrogen-bond acceptors (Lipinski definition) is 5. The van der Waals surface area contributed by atoms with Crippen molar-refractivity contribution < 1.29 is 34.1 Å². The van der Waals surface area contributed by atoms with Crippen molar-refractivity contribution in [3.8, 4) is 0 Å². The fraction of sp³-hybridized carbons (Fsp3) is 0.200. The topological polar surface area (TPSA) is 118 Å². The minimum absolute atomic E-state index is 0.00315. The van der Waals surface area contributed by atoms with E-state index in [1.807, 2.05) is 90.4 Å². The van der Waals surface area contributed by atoms with Crippen LogP contribution in [-0.4, -0.2) is 46.9 Å². The third-order valence-corrected chi connectivity index (χ3v) is 10.2. The van der Waals surface area contributed by atoms with Gasteiger partial charge in [-0.3, -0.25) is 9.59 Å². The largest absolute Gasteiger partial charge is 0.478 e. The number of rotatable bonds is 10. The van der Waals surface area contributed by atoms with E-state index < -0.39 is 11.9 Å². The second-order valence-corrected chi connectivity index (χ2v) is 13.4. The maximum absolute atomic E-state index is 12.4. The average molecular weight is 1130 g/mol. The number of ketones is 2. The molecule has 0 aromatic heterocycles. The number of carbonyl (C=O) groups excluding carboxylic acids is 2. The van der Waals surface area contributed by atoms with Crippen molar-refractivity contribution in [2.45, 2.75) is 12.8 Å². The van der Waals surface area contributed by atoms with E-state index in [0.717, 1.165) is 7.14 Å². The van der Waals surface area contributed by atoms with E-state index in [9.17, 15) is 29.4 Å². The van der Waals surface area contributed by atoms with E-state index in [-0.39, 0.29) is 48.7 Å². The molecule has 2 aromatic rings. The molecular weight excluding hydrogens is 1110 g/mol. The lowest BCUT2D eigenvalue weighted by Gasteiger charge is -2.13. The molecule has 0 amide bonds. The summed E-state index contributed by atoms with van der Waals surface area (Å²) >= 11 is 11.9. The number of hydrogen-bond donors (Lipinski definition) is 2. The van der Waals surface area contributed by atoms with Crippen LogP contribution in [0.3, 0.4) is 0 Å². The van der Waals surface area contributed by atoms with Crippen molar-refractivity contribution >= 4 is 159 Å². The first-order valence-corrected chi connectivity index (χ1v) is 15.2. The number of aromatic carboxylic acids is 2. The first-order chi connectivity index (χ1) is 15.3. The molecule has 0 saturated carbocycles. The first kappa shape index (κ1) is 30.3. The molecule has 0 atom stereocenters. The number of carbonyl (C=O) groups is 4. The van der Waals surface area contributed by atoms with Crippen LogP contribution in [0, 0.1) is 21.4 Å². The maximum atomic E-state index is 12.4. The summed E-state index contributed by atoms with van der Waals surface area (Å²) in [7, 11) is 0. The van der Waals surface area contributed by atoms with Crippen molar-refractivity contribution in [1.29, 1.82) is 0 Å². The molecule has 2 N–H and O–H groups in total. The SMILES string of the molecule is O=C(COCC(=O)Cc1c(I)cc(I)c(C(=O)O)c1I)Cc1c(I)cc(I)c(C(=O)O)c1I. The van der Waals surface area contributed by atoms with Crippen LogP contribution in [0.25, 0.3) is 0 Å². The van der Waals surface area contributed by atoms with Crippen LogP contribution in [-0.2, 0) is 27.2 Å². The smallest absolute Gasteiger partial charge is 0.337 e. The van der Waals surface area contributed by atoms with Gasteiger partial charge in [0.1, 0.15) is 13.2 Å². The summed E-state index contributed by atoms with van der Waals surface area (Å²) < 4.78 is 9.10. The Kier molecular flexibility index (Phi) is 12.4. The van der Waals surface area contributed by atoms with Crippen molar-refractivity contribution in [2.75, 3.05) is 13.2 Å². The zero-order valence-electron chi connectivity index (χ0n) is 16.2. The highest BCUT2D eigenvalue weighted by Gasteiger charge is 2.22. The van der Waals surface area contributed by atoms with Gasteiger partial charge >= 0.3 is 11.9 Å². The zero-order chi connectivity index (χ0) is 25.0. The number of Topliss-reactive ketones (excluding diaryl/α,β-unsaturated/α-hetero) is 2. The predicted molar refractivity (Wildman–Crippen MR) is 171 cm³/mol. The van der Waals surface area contributed by atoms with E-state index in [0.29, 0.717) is 25.4 Å². The van der Waals surface area contributed by atoms with Crippen LogP contribution in [0.2, 0.25) is 0 Å². The zero-order valence-corrected chi connectivity index (χ0v) is 29.1. The molecule has 0 bridgehead atoms. The minimum atomic E-state index is -1.05. The van der Waals surface area contributed by atoms with Gasteiger partial charge < -0.3 is 14.9 Å². The van der Waals surface area contributed by atoms with Crippen LogP contribution in [0.15, 0.2) is 12.1 Å². The summed E-state index contributed by atoms with van der Waals surface area (Å²) in [5.74, 6) is -2.66. The summed E-state index contributed by atoms with van der Waals surface area (Å²) in [5.41, 5.74) is 1.58. The highest BCUT2D eigenvalue weighted by Crippen LogP contribution is 2.29. The molecule has 13 heteroatoms. The van der Waals surface area contributed by atoms with Crippen molar-refractivity contribution in [1.82, 2.24) is 0 Å². The van der Waals surface area contributed by atoms with E-state index >= 15 is 0 Å². The van der Waals surface area contributed by atoms with Crippen molar-refractivity contribution in [3.05, 3.63) is 55.8 Å². The van der Waals surface area contributed by atoms with Crippen molar-refractivity contribution in [3.63, 3.8) is 0 Å². The Morgan fingerprint density at radius 3 is 1.27 bits per heavy atom. The number of benzene rings is 2. The lowest BCUT2D eigenvalue weighted by atomic mass is 10.1. The van der Waals surface area contributed by atoms with Gasteiger partial charge in [0.25, 0.3) is 0 Å². The average Bonchev–Trinajstić information content (AvgIpc) is 2.67. The first-order valence-electron chi connectivity index (χ1n) is 8.75. The number of halogens is 6. The lowest BCUT2D eigenvalue weighted by Crippen LogP contribution is -2.20. The van der Waals surface area contributed by atoms with Crippen LogP contribution >= 0.6 is 136 Å². The van der Waals surface area contributed by atoms with Crippen LogP contribution in [0.4, 0.5) is 0 Å². The number of carboxylic acid groups (broad SMARTS) is 2. The van der Waals surface area contributed by atoms with Gasteiger partial charge in [-0.2, -0.15) is 0 Å². The molecule has 2 rings (SSSR count). The van der Waals surface area contributed by atoms with Crippen LogP contribution < -0.4 is 0 Å². The van der Waals surface area contributed by atoms with E-state index in [1.54, 1.807) is 12.1 Å². The highest BCUT2D eigenvalue weighted by molar-refractivity contribution is 14.1. The maximum Gasteiger partial charge on any atom is 0.337 e. The minimum Gasteiger partial charge on any atom is -0.478 e. The van der Waals surface area contributed by atoms with Gasteiger partial charge in [-0.25, -0.2) is 9.59 Å². The predicted octanol–water partition coefficient (Wildman–Crippen LogP) is 5.65. The Hall–Kier alpha value is 1.06. The second-order valence-electron chi connectivity index (χ2n) is 6.55. The summed E-state index contributed by atoms with van der Waals surface area (Å²) in [6, 6.07) is 3.44. The molecule has 0 saturated heterocycles. The monoisotopic (exact) mass is 1130 g/mol. The van der Waals surface area contributed by atoms with Crippen LogP contribution in [0.1, 0.15) is 31.8 Å². The molecule has 0 fully saturated rings. The number of ether oxygens (including phenoxy) is 1. The fourth-order valence-corrected chi connectivity index (χ4v) is 11.2. The van der Waals surface area contributed by atoms with Gasteiger partial charge in [0.05, 0.1) is 11.1 Å². The third kappa shape index (κ3) is 8.02. The molecule has 0 unspecified atom stereocenters. The molecule has 0 aliphatic heterocycles. The fourth-order valence-electron chi connectivity index (χ4n) is 2.75. The van der Waals surface area contributed by atoms with Gasteiger partial charge in [0, 0.05) is 34.3 Å². The normalized spacial score (nSPS) is 10.8. The molecule has 2 aromatic carbocycles.